The van der Waals surface area contributed by atoms with Crippen molar-refractivity contribution in [2.24, 2.45) is 0 Å². The average molecular weight is 365 g/mol. The number of hydrogen-bond donors (Lipinski definition) is 1. The van der Waals surface area contributed by atoms with Crippen molar-refractivity contribution in [1.29, 1.82) is 0 Å². The Morgan fingerprint density at radius 1 is 1.19 bits per heavy atom. The van der Waals surface area contributed by atoms with Crippen LogP contribution in [0.2, 0.25) is 0 Å². The van der Waals surface area contributed by atoms with E-state index in [1.165, 1.54) is 11.9 Å². The van der Waals surface area contributed by atoms with Crippen LogP contribution in [0, 0.1) is 0 Å². The summed E-state index contributed by atoms with van der Waals surface area (Å²) in [5, 5.41) is 14.3. The average Bonchev–Trinajstić information content (AvgIpc) is 3.23. The molecule has 0 aliphatic rings. The summed E-state index contributed by atoms with van der Waals surface area (Å²) in [6, 6.07) is 13.8. The van der Waals surface area contributed by atoms with Gasteiger partial charge in [-0.3, -0.25) is 4.79 Å². The zero-order valence-corrected chi connectivity index (χ0v) is 15.7. The molecule has 1 N–H and O–H groups in total. The molecule has 1 aromatic heterocycles. The van der Waals surface area contributed by atoms with Crippen LogP contribution in [0.3, 0.4) is 0 Å². The summed E-state index contributed by atoms with van der Waals surface area (Å²) in [6.45, 7) is 4.47. The van der Waals surface area contributed by atoms with Gasteiger partial charge in [0.15, 0.2) is 0 Å². The van der Waals surface area contributed by atoms with Crippen molar-refractivity contribution in [3.05, 3.63) is 59.9 Å². The minimum atomic E-state index is -0.166. The summed E-state index contributed by atoms with van der Waals surface area (Å²) >= 11 is 0. The molecule has 140 valence electrons. The van der Waals surface area contributed by atoms with Gasteiger partial charge in [-0.2, -0.15) is 0 Å². The first-order valence-corrected chi connectivity index (χ1v) is 8.88. The highest BCUT2D eigenvalue weighted by atomic mass is 16.5. The Labute approximate surface area is 158 Å². The Morgan fingerprint density at radius 3 is 2.59 bits per heavy atom. The number of aromatic nitrogens is 4. The van der Waals surface area contributed by atoms with Crippen molar-refractivity contribution in [2.45, 2.75) is 26.3 Å². The van der Waals surface area contributed by atoms with Gasteiger partial charge in [0.1, 0.15) is 6.33 Å². The smallest absolute Gasteiger partial charge is 0.251 e. The van der Waals surface area contributed by atoms with Gasteiger partial charge in [0.2, 0.25) is 0 Å². The molecule has 0 saturated heterocycles. The van der Waals surface area contributed by atoms with Gasteiger partial charge in [-0.25, -0.2) is 4.68 Å². The maximum Gasteiger partial charge on any atom is 0.251 e. The highest BCUT2D eigenvalue weighted by Gasteiger charge is 2.14. The van der Waals surface area contributed by atoms with Crippen LogP contribution in [0.25, 0.3) is 16.8 Å². The van der Waals surface area contributed by atoms with Crippen LogP contribution in [0.4, 0.5) is 0 Å². The number of hydrogen-bond acceptors (Lipinski definition) is 5. The van der Waals surface area contributed by atoms with Gasteiger partial charge >= 0.3 is 0 Å². The van der Waals surface area contributed by atoms with Crippen molar-refractivity contribution in [1.82, 2.24) is 25.5 Å². The standard InChI is InChI=1S/C20H23N5O2/c1-4-15-5-7-16(8-6-15)17-9-18(20(26)22-14(2)12-27-3)11-19(10-17)25-13-21-23-24-25/h5-11,13-14H,4,12H2,1-3H3,(H,22,26). The number of ether oxygens (including phenoxy) is 1. The number of aryl methyl sites for hydroxylation is 1. The van der Waals surface area contributed by atoms with E-state index in [4.69, 9.17) is 4.74 Å². The van der Waals surface area contributed by atoms with Crippen molar-refractivity contribution >= 4 is 5.91 Å². The minimum Gasteiger partial charge on any atom is -0.383 e. The maximum absolute atomic E-state index is 12.7. The monoisotopic (exact) mass is 365 g/mol. The number of rotatable bonds is 7. The van der Waals surface area contributed by atoms with Crippen LogP contribution in [0.1, 0.15) is 29.8 Å². The fourth-order valence-electron chi connectivity index (χ4n) is 2.85. The third kappa shape index (κ3) is 4.57. The summed E-state index contributed by atoms with van der Waals surface area (Å²) in [5.74, 6) is -0.166. The molecule has 0 bridgehead atoms. The van der Waals surface area contributed by atoms with Crippen molar-refractivity contribution in [2.75, 3.05) is 13.7 Å². The van der Waals surface area contributed by atoms with E-state index in [9.17, 15) is 4.79 Å². The van der Waals surface area contributed by atoms with E-state index >= 15 is 0 Å². The number of carbonyl (C=O) groups excluding carboxylic acids is 1. The Kier molecular flexibility index (Phi) is 5.93. The van der Waals surface area contributed by atoms with Crippen LogP contribution < -0.4 is 5.32 Å². The zero-order chi connectivity index (χ0) is 19.2. The van der Waals surface area contributed by atoms with E-state index in [2.05, 4.69) is 52.0 Å². The lowest BCUT2D eigenvalue weighted by Gasteiger charge is -2.14. The van der Waals surface area contributed by atoms with Gasteiger partial charge in [0.05, 0.1) is 12.3 Å². The highest BCUT2D eigenvalue weighted by Crippen LogP contribution is 2.25. The van der Waals surface area contributed by atoms with Gasteiger partial charge < -0.3 is 10.1 Å². The second-order valence-corrected chi connectivity index (χ2v) is 6.40. The molecule has 1 atom stereocenters. The third-order valence-electron chi connectivity index (χ3n) is 4.28. The summed E-state index contributed by atoms with van der Waals surface area (Å²) in [4.78, 5) is 12.7. The number of benzene rings is 2. The van der Waals surface area contributed by atoms with E-state index in [0.29, 0.717) is 12.2 Å². The van der Waals surface area contributed by atoms with E-state index in [0.717, 1.165) is 23.2 Å². The largest absolute Gasteiger partial charge is 0.383 e. The first-order valence-electron chi connectivity index (χ1n) is 8.88. The van der Waals surface area contributed by atoms with E-state index < -0.39 is 0 Å². The fraction of sp³-hybridized carbons (Fsp3) is 0.300. The first-order chi connectivity index (χ1) is 13.1. The number of amides is 1. The lowest BCUT2D eigenvalue weighted by molar-refractivity contribution is 0.0905. The second-order valence-electron chi connectivity index (χ2n) is 6.40. The number of nitrogens with one attached hydrogen (secondary N) is 1. The molecule has 2 aromatic carbocycles. The Balaban J connectivity index is 1.99. The molecule has 3 rings (SSSR count). The predicted octanol–water partition coefficient (Wildman–Crippen LogP) is 2.66. The lowest BCUT2D eigenvalue weighted by atomic mass is 10.00. The highest BCUT2D eigenvalue weighted by molar-refractivity contribution is 5.96. The Bertz CT molecular complexity index is 891. The maximum atomic E-state index is 12.7. The van der Waals surface area contributed by atoms with Gasteiger partial charge in [-0.05, 0) is 58.7 Å². The Hall–Kier alpha value is -3.06. The lowest BCUT2D eigenvalue weighted by Crippen LogP contribution is -2.35. The van der Waals surface area contributed by atoms with Crippen LogP contribution in [0.15, 0.2) is 48.8 Å². The first kappa shape index (κ1) is 18.7. The van der Waals surface area contributed by atoms with Crippen LogP contribution >= 0.6 is 0 Å². The molecule has 7 heteroatoms. The van der Waals surface area contributed by atoms with Gasteiger partial charge in [0.25, 0.3) is 5.91 Å². The molecule has 0 saturated carbocycles. The van der Waals surface area contributed by atoms with Crippen LogP contribution in [-0.4, -0.2) is 45.9 Å². The van der Waals surface area contributed by atoms with E-state index in [1.54, 1.807) is 17.9 Å². The molecule has 0 radical (unpaired) electrons. The zero-order valence-electron chi connectivity index (χ0n) is 15.7. The fourth-order valence-corrected chi connectivity index (χ4v) is 2.85. The molecular weight excluding hydrogens is 342 g/mol. The predicted molar refractivity (Wildman–Crippen MR) is 103 cm³/mol. The molecule has 1 heterocycles. The number of tetrazole rings is 1. The van der Waals surface area contributed by atoms with Crippen LogP contribution in [-0.2, 0) is 11.2 Å². The third-order valence-corrected chi connectivity index (χ3v) is 4.28. The van der Waals surface area contributed by atoms with Gasteiger partial charge in [-0.1, -0.05) is 31.2 Å². The molecule has 0 aliphatic heterocycles. The van der Waals surface area contributed by atoms with Crippen molar-refractivity contribution < 1.29 is 9.53 Å². The molecule has 0 fully saturated rings. The van der Waals surface area contributed by atoms with E-state index in [1.807, 2.05) is 19.1 Å². The minimum absolute atomic E-state index is 0.0912. The van der Waals surface area contributed by atoms with Gasteiger partial charge in [-0.15, -0.1) is 5.10 Å². The second kappa shape index (κ2) is 8.55. The summed E-state index contributed by atoms with van der Waals surface area (Å²) < 4.78 is 6.63. The molecule has 7 nitrogen and oxygen atoms in total. The molecule has 3 aromatic rings. The number of carbonyl (C=O) groups is 1. The molecule has 0 aliphatic carbocycles. The topological polar surface area (TPSA) is 81.9 Å². The quantitative estimate of drug-likeness (QED) is 0.696. The summed E-state index contributed by atoms with van der Waals surface area (Å²) in [7, 11) is 1.61. The summed E-state index contributed by atoms with van der Waals surface area (Å²) in [6.07, 6.45) is 2.49. The molecule has 1 amide bonds. The Morgan fingerprint density at radius 2 is 1.96 bits per heavy atom. The molecule has 0 spiro atoms. The molecule has 27 heavy (non-hydrogen) atoms. The van der Waals surface area contributed by atoms with Gasteiger partial charge in [0, 0.05) is 18.7 Å². The van der Waals surface area contributed by atoms with Crippen LogP contribution in [0.5, 0.6) is 0 Å². The SMILES string of the molecule is CCc1ccc(-c2cc(C(=O)NC(C)COC)cc(-n3cnnn3)c2)cc1. The van der Waals surface area contributed by atoms with Crippen molar-refractivity contribution in [3.63, 3.8) is 0 Å². The number of nitrogens with zero attached hydrogens (tertiary/aromatic N) is 4. The normalized spacial score (nSPS) is 12.0. The molecule has 1 unspecified atom stereocenters. The summed E-state index contributed by atoms with van der Waals surface area (Å²) in [5.41, 5.74) is 4.49. The van der Waals surface area contributed by atoms with Crippen molar-refractivity contribution in [3.8, 4) is 16.8 Å². The van der Waals surface area contributed by atoms with E-state index in [-0.39, 0.29) is 11.9 Å². The molecular formula is C20H23N5O2. The number of methoxy groups -OCH3 is 1.